The fraction of sp³-hybridized carbons (Fsp3) is 1.00. The second-order valence-corrected chi connectivity index (χ2v) is 7.86. The molecule has 0 amide bonds. The van der Waals surface area contributed by atoms with E-state index in [-0.39, 0.29) is 0 Å². The summed E-state index contributed by atoms with van der Waals surface area (Å²) in [5, 5.41) is 0. The molecule has 0 unspecified atom stereocenters. The van der Waals surface area contributed by atoms with Gasteiger partial charge in [-0.1, -0.05) is 21.6 Å². The Morgan fingerprint density at radius 1 is 0.812 bits per heavy atom. The second kappa shape index (κ2) is 16.1. The van der Waals surface area contributed by atoms with Crippen molar-refractivity contribution in [2.45, 2.75) is 38.8 Å². The summed E-state index contributed by atoms with van der Waals surface area (Å²) in [5.74, 6) is 2.52. The van der Waals surface area contributed by atoms with Crippen molar-refractivity contribution < 1.29 is 8.85 Å². The zero-order chi connectivity index (χ0) is 11.9. The first kappa shape index (κ1) is 17.1. The average Bonchev–Trinajstić information content (AvgIpc) is 2.31. The van der Waals surface area contributed by atoms with Crippen molar-refractivity contribution in [3.05, 3.63) is 0 Å². The summed E-state index contributed by atoms with van der Waals surface area (Å²) in [6.45, 7) is 5.84. The van der Waals surface area contributed by atoms with Crippen LogP contribution < -0.4 is 0 Å². The van der Waals surface area contributed by atoms with Crippen LogP contribution in [-0.2, 0) is 8.85 Å². The molecule has 0 saturated carbocycles. The highest BCUT2D eigenvalue weighted by molar-refractivity contribution is 8.76. The minimum atomic E-state index is 0.706. The molecule has 0 heterocycles. The molecule has 94 valence electrons. The first-order valence-corrected chi connectivity index (χ1v) is 10.6. The van der Waals surface area contributed by atoms with E-state index in [0.29, 0.717) is 19.5 Å². The van der Waals surface area contributed by atoms with Gasteiger partial charge in [-0.2, -0.15) is 0 Å². The third kappa shape index (κ3) is 15.1. The molecule has 0 aliphatic carbocycles. The molecule has 0 aromatic heterocycles. The van der Waals surface area contributed by atoms with Gasteiger partial charge < -0.3 is 8.85 Å². The molecule has 16 heavy (non-hydrogen) atoms. The van der Waals surface area contributed by atoms with Gasteiger partial charge in [0.25, 0.3) is 0 Å². The van der Waals surface area contributed by atoms with Gasteiger partial charge in [0, 0.05) is 24.7 Å². The maximum Gasteiger partial charge on any atom is 0.229 e. The van der Waals surface area contributed by atoms with Crippen molar-refractivity contribution in [3.63, 3.8) is 0 Å². The summed E-state index contributed by atoms with van der Waals surface area (Å²) in [6, 6.07) is 2.46. The molecule has 0 aromatic carbocycles. The van der Waals surface area contributed by atoms with Gasteiger partial charge in [-0.25, -0.2) is 0 Å². The van der Waals surface area contributed by atoms with Crippen molar-refractivity contribution in [2.24, 2.45) is 0 Å². The van der Waals surface area contributed by atoms with E-state index in [1.54, 1.807) is 0 Å². The van der Waals surface area contributed by atoms with E-state index in [0.717, 1.165) is 13.2 Å². The van der Waals surface area contributed by atoms with Crippen LogP contribution >= 0.6 is 21.6 Å². The van der Waals surface area contributed by atoms with Gasteiger partial charge in [-0.3, -0.25) is 0 Å². The summed E-state index contributed by atoms with van der Waals surface area (Å²) < 4.78 is 10.6. The van der Waals surface area contributed by atoms with E-state index in [1.165, 1.54) is 36.4 Å². The van der Waals surface area contributed by atoms with E-state index in [4.69, 9.17) is 8.85 Å². The smallest absolute Gasteiger partial charge is 0.229 e. The molecule has 0 aliphatic rings. The number of rotatable bonds is 13. The summed E-state index contributed by atoms with van der Waals surface area (Å²) in [4.78, 5) is 0. The predicted octanol–water partition coefficient (Wildman–Crippen LogP) is 3.30. The molecule has 2 nitrogen and oxygen atoms in total. The Kier molecular flexibility index (Phi) is 17.1. The van der Waals surface area contributed by atoms with Gasteiger partial charge in [0.15, 0.2) is 0 Å². The van der Waals surface area contributed by atoms with Crippen LogP contribution in [0.15, 0.2) is 0 Å². The fourth-order valence-electron chi connectivity index (χ4n) is 0.873. The Morgan fingerprint density at radius 2 is 1.25 bits per heavy atom. The Hall–Kier alpha value is 1.05. The average molecular weight is 295 g/mol. The fourth-order valence-corrected chi connectivity index (χ4v) is 4.90. The maximum absolute atomic E-state index is 5.31. The van der Waals surface area contributed by atoms with Crippen molar-refractivity contribution in [3.8, 4) is 0 Å². The molecule has 4 radical (unpaired) electrons. The van der Waals surface area contributed by atoms with E-state index >= 15 is 0 Å². The quantitative estimate of drug-likeness (QED) is 0.295. The molecule has 6 heteroatoms. The lowest BCUT2D eigenvalue weighted by atomic mass is 10.6. The number of hydrogen-bond donors (Lipinski definition) is 0. The molecule has 0 spiro atoms. The first-order chi connectivity index (χ1) is 7.91. The van der Waals surface area contributed by atoms with Crippen molar-refractivity contribution in [1.82, 2.24) is 0 Å². The van der Waals surface area contributed by atoms with Crippen LogP contribution in [0.2, 0.25) is 12.1 Å². The summed E-state index contributed by atoms with van der Waals surface area (Å²) in [6.07, 6.45) is 2.58. The van der Waals surface area contributed by atoms with E-state index in [9.17, 15) is 0 Å². The maximum atomic E-state index is 5.31. The summed E-state index contributed by atoms with van der Waals surface area (Å²) >= 11 is 0. The van der Waals surface area contributed by atoms with Crippen molar-refractivity contribution in [1.29, 1.82) is 0 Å². The standard InChI is InChI=1S/C10H22O2S2Si2/c1-3-11-15-9-5-7-13-14-8-6-10-16-12-4-2/h3-10H2,1-2H3. The predicted molar refractivity (Wildman–Crippen MR) is 78.5 cm³/mol. The molecule has 0 aliphatic heterocycles. The molecule has 0 rings (SSSR count). The highest BCUT2D eigenvalue weighted by Crippen LogP contribution is 2.23. The van der Waals surface area contributed by atoms with E-state index < -0.39 is 0 Å². The SMILES string of the molecule is CCO[Si]CCCSSCCC[Si]OCC. The van der Waals surface area contributed by atoms with Gasteiger partial charge in [-0.05, 0) is 38.8 Å². The number of hydrogen-bond acceptors (Lipinski definition) is 4. The third-order valence-electron chi connectivity index (χ3n) is 1.59. The van der Waals surface area contributed by atoms with Crippen LogP contribution in [0.5, 0.6) is 0 Å². The Balaban J connectivity index is 2.83. The minimum absolute atomic E-state index is 0.706. The highest BCUT2D eigenvalue weighted by atomic mass is 33.1. The Labute approximate surface area is 113 Å². The lowest BCUT2D eigenvalue weighted by Gasteiger charge is -2.01. The van der Waals surface area contributed by atoms with Gasteiger partial charge in [0.1, 0.15) is 0 Å². The minimum Gasteiger partial charge on any atom is -0.418 e. The molecule has 0 N–H and O–H groups in total. The molecule has 0 saturated heterocycles. The molecule has 0 fully saturated rings. The zero-order valence-electron chi connectivity index (χ0n) is 10.3. The van der Waals surface area contributed by atoms with E-state index in [1.807, 2.05) is 21.6 Å². The molecule has 0 aromatic rings. The second-order valence-electron chi connectivity index (χ2n) is 3.01. The normalized spacial score (nSPS) is 10.9. The van der Waals surface area contributed by atoms with Crippen LogP contribution in [-0.4, -0.2) is 44.2 Å². The molecular formula is C10H22O2S2Si2. The van der Waals surface area contributed by atoms with Gasteiger partial charge >= 0.3 is 0 Å². The van der Waals surface area contributed by atoms with Crippen LogP contribution in [0.3, 0.4) is 0 Å². The Bertz CT molecular complexity index is 117. The van der Waals surface area contributed by atoms with Crippen LogP contribution in [0.1, 0.15) is 26.7 Å². The van der Waals surface area contributed by atoms with Crippen LogP contribution in [0.4, 0.5) is 0 Å². The van der Waals surface area contributed by atoms with Crippen molar-refractivity contribution >= 4 is 41.1 Å². The lowest BCUT2D eigenvalue weighted by molar-refractivity contribution is 0.359. The lowest BCUT2D eigenvalue weighted by Crippen LogP contribution is -1.98. The zero-order valence-corrected chi connectivity index (χ0v) is 13.9. The first-order valence-electron chi connectivity index (χ1n) is 5.85. The molecular weight excluding hydrogens is 272 g/mol. The van der Waals surface area contributed by atoms with Crippen LogP contribution in [0, 0.1) is 0 Å². The summed E-state index contributed by atoms with van der Waals surface area (Å²) in [5.41, 5.74) is 0. The van der Waals surface area contributed by atoms with E-state index in [2.05, 4.69) is 13.8 Å². The van der Waals surface area contributed by atoms with Gasteiger partial charge in [0.2, 0.25) is 19.5 Å². The monoisotopic (exact) mass is 294 g/mol. The van der Waals surface area contributed by atoms with Gasteiger partial charge in [-0.15, -0.1) is 0 Å². The van der Waals surface area contributed by atoms with Crippen LogP contribution in [0.25, 0.3) is 0 Å². The molecule has 0 atom stereocenters. The van der Waals surface area contributed by atoms with Crippen molar-refractivity contribution in [2.75, 3.05) is 24.7 Å². The summed E-state index contributed by atoms with van der Waals surface area (Å²) in [7, 11) is 5.42. The van der Waals surface area contributed by atoms with Gasteiger partial charge in [0.05, 0.1) is 0 Å². The Morgan fingerprint density at radius 3 is 1.62 bits per heavy atom. The molecule has 0 bridgehead atoms. The highest BCUT2D eigenvalue weighted by Gasteiger charge is 1.95. The topological polar surface area (TPSA) is 18.5 Å². The largest absolute Gasteiger partial charge is 0.418 e. The third-order valence-corrected chi connectivity index (χ3v) is 6.27.